The van der Waals surface area contributed by atoms with Crippen molar-refractivity contribution in [1.29, 1.82) is 0 Å². The standard InChI is InChI=1S/C33H42O13S2/c1-27-3-9-31(10-4-27)47(35,36)45-23-19-41-15-13-39-17-21-43-30-8-7-29(26-34)33(25-30)44-22-18-40-14-16-42-20-24-46-48(37,38)32-11-5-28(2)6-12-32/h3-12,25-26H,13-24H2,1-2H3. The van der Waals surface area contributed by atoms with Crippen molar-refractivity contribution in [3.05, 3.63) is 83.4 Å². The molecule has 0 amide bonds. The minimum Gasteiger partial charge on any atom is -0.491 e. The van der Waals surface area contributed by atoms with Crippen molar-refractivity contribution in [2.45, 2.75) is 23.6 Å². The summed E-state index contributed by atoms with van der Waals surface area (Å²) in [6.07, 6.45) is 0.682. The average Bonchev–Trinajstić information content (AvgIpc) is 3.07. The molecular formula is C33H42O13S2. The molecule has 0 saturated heterocycles. The Labute approximate surface area is 282 Å². The SMILES string of the molecule is Cc1ccc(S(=O)(=O)OCCOCCOCCOc2ccc(C=O)c(OCCOCCOCCOS(=O)(=O)c3ccc(C)cc3)c2)cc1. The fourth-order valence-electron chi connectivity index (χ4n) is 3.85. The van der Waals surface area contributed by atoms with Crippen LogP contribution in [0.25, 0.3) is 0 Å². The molecule has 13 nitrogen and oxygen atoms in total. The molecule has 48 heavy (non-hydrogen) atoms. The first kappa shape index (κ1) is 39.0. The third kappa shape index (κ3) is 14.4. The number of hydrogen-bond donors (Lipinski definition) is 0. The number of benzene rings is 3. The summed E-state index contributed by atoms with van der Waals surface area (Å²) < 4.78 is 91.5. The molecule has 3 rings (SSSR count). The molecule has 0 saturated carbocycles. The van der Waals surface area contributed by atoms with Gasteiger partial charge in [-0.25, -0.2) is 0 Å². The van der Waals surface area contributed by atoms with Crippen LogP contribution in [0.5, 0.6) is 11.5 Å². The van der Waals surface area contributed by atoms with E-state index in [2.05, 4.69) is 0 Å². The lowest BCUT2D eigenvalue weighted by molar-refractivity contribution is 0.0272. The van der Waals surface area contributed by atoms with Crippen LogP contribution in [0.3, 0.4) is 0 Å². The van der Waals surface area contributed by atoms with E-state index in [0.29, 0.717) is 23.3 Å². The Balaban J connectivity index is 1.19. The predicted octanol–water partition coefficient (Wildman–Crippen LogP) is 3.75. The normalized spacial score (nSPS) is 11.8. The van der Waals surface area contributed by atoms with Crippen molar-refractivity contribution in [2.24, 2.45) is 0 Å². The molecule has 3 aromatic rings. The smallest absolute Gasteiger partial charge is 0.297 e. The Morgan fingerprint density at radius 3 is 1.33 bits per heavy atom. The molecule has 0 bridgehead atoms. The third-order valence-corrected chi connectivity index (χ3v) is 9.04. The lowest BCUT2D eigenvalue weighted by Gasteiger charge is -2.12. The van der Waals surface area contributed by atoms with Crippen LogP contribution < -0.4 is 9.47 Å². The Morgan fingerprint density at radius 2 is 0.896 bits per heavy atom. The largest absolute Gasteiger partial charge is 0.491 e. The van der Waals surface area contributed by atoms with Crippen molar-refractivity contribution in [3.8, 4) is 11.5 Å². The second kappa shape index (κ2) is 20.8. The molecule has 3 aromatic carbocycles. The van der Waals surface area contributed by atoms with Crippen LogP contribution in [0.15, 0.2) is 76.5 Å². The van der Waals surface area contributed by atoms with E-state index in [0.717, 1.165) is 11.1 Å². The van der Waals surface area contributed by atoms with Gasteiger partial charge < -0.3 is 28.4 Å². The van der Waals surface area contributed by atoms with Gasteiger partial charge in [0.25, 0.3) is 20.2 Å². The molecule has 15 heteroatoms. The Bertz CT molecular complexity index is 1590. The van der Waals surface area contributed by atoms with Gasteiger partial charge in [0.1, 0.15) is 24.7 Å². The zero-order chi connectivity index (χ0) is 34.7. The highest BCUT2D eigenvalue weighted by Gasteiger charge is 2.15. The van der Waals surface area contributed by atoms with Crippen LogP contribution in [0.2, 0.25) is 0 Å². The molecule has 0 unspecified atom stereocenters. The monoisotopic (exact) mass is 710 g/mol. The van der Waals surface area contributed by atoms with Crippen molar-refractivity contribution in [3.63, 3.8) is 0 Å². The number of carbonyl (C=O) groups excluding carboxylic acids is 1. The van der Waals surface area contributed by atoms with Gasteiger partial charge in [-0.05, 0) is 50.2 Å². The highest BCUT2D eigenvalue weighted by Crippen LogP contribution is 2.24. The van der Waals surface area contributed by atoms with Crippen LogP contribution in [-0.4, -0.2) is 102 Å². The second-order valence-corrected chi connectivity index (χ2v) is 13.4. The Morgan fingerprint density at radius 1 is 0.500 bits per heavy atom. The van der Waals surface area contributed by atoms with Gasteiger partial charge in [-0.1, -0.05) is 35.4 Å². The number of rotatable bonds is 25. The number of aldehydes is 1. The zero-order valence-electron chi connectivity index (χ0n) is 27.0. The first-order valence-electron chi connectivity index (χ1n) is 15.2. The van der Waals surface area contributed by atoms with Crippen molar-refractivity contribution < 1.29 is 58.4 Å². The summed E-state index contributed by atoms with van der Waals surface area (Å²) in [5.41, 5.74) is 2.26. The maximum absolute atomic E-state index is 12.1. The Hall–Kier alpha value is -3.41. The van der Waals surface area contributed by atoms with E-state index in [-0.39, 0.29) is 89.1 Å². The maximum Gasteiger partial charge on any atom is 0.297 e. The van der Waals surface area contributed by atoms with Gasteiger partial charge in [-0.2, -0.15) is 16.8 Å². The Kier molecular flexibility index (Phi) is 16.9. The van der Waals surface area contributed by atoms with Crippen LogP contribution in [0.1, 0.15) is 21.5 Å². The van der Waals surface area contributed by atoms with Gasteiger partial charge in [0, 0.05) is 6.07 Å². The first-order chi connectivity index (χ1) is 23.1. The summed E-state index contributed by atoms with van der Waals surface area (Å²) in [5, 5.41) is 0. The maximum atomic E-state index is 12.1. The van der Waals surface area contributed by atoms with Crippen LogP contribution in [-0.2, 0) is 47.5 Å². The van der Waals surface area contributed by atoms with Crippen LogP contribution in [0.4, 0.5) is 0 Å². The number of hydrogen-bond acceptors (Lipinski definition) is 13. The summed E-state index contributed by atoms with van der Waals surface area (Å²) in [4.78, 5) is 11.6. The summed E-state index contributed by atoms with van der Waals surface area (Å²) in [6, 6.07) is 17.6. The van der Waals surface area contributed by atoms with Gasteiger partial charge in [-0.15, -0.1) is 0 Å². The van der Waals surface area contributed by atoms with Crippen molar-refractivity contribution in [2.75, 3.05) is 79.3 Å². The van der Waals surface area contributed by atoms with E-state index in [4.69, 9.17) is 36.8 Å². The highest BCUT2D eigenvalue weighted by molar-refractivity contribution is 7.87. The first-order valence-corrected chi connectivity index (χ1v) is 18.0. The van der Waals surface area contributed by atoms with Gasteiger partial charge in [-0.3, -0.25) is 13.2 Å². The van der Waals surface area contributed by atoms with E-state index in [1.165, 1.54) is 24.3 Å². The predicted molar refractivity (Wildman–Crippen MR) is 175 cm³/mol. The second-order valence-electron chi connectivity index (χ2n) is 10.1. The summed E-state index contributed by atoms with van der Waals surface area (Å²) >= 11 is 0. The lowest BCUT2D eigenvalue weighted by Crippen LogP contribution is -2.15. The number of carbonyl (C=O) groups is 1. The van der Waals surface area contributed by atoms with E-state index in [1.54, 1.807) is 42.5 Å². The molecule has 264 valence electrons. The molecule has 0 N–H and O–H groups in total. The van der Waals surface area contributed by atoms with Gasteiger partial charge in [0.05, 0.1) is 81.4 Å². The lowest BCUT2D eigenvalue weighted by atomic mass is 10.2. The van der Waals surface area contributed by atoms with Gasteiger partial charge >= 0.3 is 0 Å². The molecule has 0 spiro atoms. The van der Waals surface area contributed by atoms with Crippen LogP contribution in [0, 0.1) is 13.8 Å². The molecule has 0 heterocycles. The van der Waals surface area contributed by atoms with Crippen molar-refractivity contribution >= 4 is 26.5 Å². The zero-order valence-corrected chi connectivity index (χ0v) is 28.7. The average molecular weight is 711 g/mol. The van der Waals surface area contributed by atoms with E-state index >= 15 is 0 Å². The molecule has 0 aliphatic carbocycles. The van der Waals surface area contributed by atoms with Crippen molar-refractivity contribution in [1.82, 2.24) is 0 Å². The minimum absolute atomic E-state index is 0.0817. The summed E-state index contributed by atoms with van der Waals surface area (Å²) in [5.74, 6) is 0.832. The van der Waals surface area contributed by atoms with E-state index < -0.39 is 20.2 Å². The van der Waals surface area contributed by atoms with Gasteiger partial charge in [0.15, 0.2) is 6.29 Å². The topological polar surface area (TPSA) is 159 Å². The highest BCUT2D eigenvalue weighted by atomic mass is 32.2. The van der Waals surface area contributed by atoms with Crippen LogP contribution >= 0.6 is 0 Å². The third-order valence-electron chi connectivity index (χ3n) is 6.39. The van der Waals surface area contributed by atoms with E-state index in [9.17, 15) is 21.6 Å². The van der Waals surface area contributed by atoms with E-state index in [1.807, 2.05) is 13.8 Å². The number of ether oxygens (including phenoxy) is 6. The molecule has 0 atom stereocenters. The molecule has 0 radical (unpaired) electrons. The quantitative estimate of drug-likeness (QED) is 0.0712. The fraction of sp³-hybridized carbons (Fsp3) is 0.424. The van der Waals surface area contributed by atoms with Gasteiger partial charge in [0.2, 0.25) is 0 Å². The molecular weight excluding hydrogens is 668 g/mol. The fourth-order valence-corrected chi connectivity index (χ4v) is 5.64. The minimum atomic E-state index is -3.83. The summed E-state index contributed by atoms with van der Waals surface area (Å²) in [6.45, 7) is 5.62. The summed E-state index contributed by atoms with van der Waals surface area (Å²) in [7, 11) is -7.66. The molecule has 0 aromatic heterocycles. The molecule has 0 fully saturated rings. The molecule has 0 aliphatic rings. The molecule has 0 aliphatic heterocycles. The number of aryl methyl sites for hydroxylation is 2.